The molecule has 13 heteroatoms. The molecule has 0 unspecified atom stereocenters. The smallest absolute Gasteiger partial charge is 0.240 e. The minimum Gasteiger partial charge on any atom is -0.497 e. The van der Waals surface area contributed by atoms with E-state index in [1.54, 1.807) is 44.0 Å². The first-order valence-electron chi connectivity index (χ1n) is 12.8. The summed E-state index contributed by atoms with van der Waals surface area (Å²) in [6, 6.07) is 13.2. The van der Waals surface area contributed by atoms with Gasteiger partial charge in [0, 0.05) is 50.2 Å². The Morgan fingerprint density at radius 3 is 1.85 bits per heavy atom. The fourth-order valence-electron chi connectivity index (χ4n) is 3.89. The first-order chi connectivity index (χ1) is 20.0. The van der Waals surface area contributed by atoms with Crippen LogP contribution in [-0.4, -0.2) is 49.1 Å². The molecule has 3 aliphatic rings. The number of amides is 3. The van der Waals surface area contributed by atoms with Crippen molar-refractivity contribution >= 4 is 46.2 Å². The minimum absolute atomic E-state index is 0.00954. The molecule has 12 nitrogen and oxygen atoms in total. The topological polar surface area (TPSA) is 156 Å². The minimum atomic E-state index is -0.0544. The monoisotopic (exact) mass is 578 g/mol. The highest BCUT2D eigenvalue weighted by atomic mass is 32.1. The average molecular weight is 579 g/mol. The third-order valence-corrected chi connectivity index (χ3v) is 6.96. The van der Waals surface area contributed by atoms with Gasteiger partial charge in [-0.3, -0.25) is 14.4 Å². The van der Waals surface area contributed by atoms with Crippen molar-refractivity contribution in [3.8, 4) is 11.5 Å². The Hall–Kier alpha value is -4.78. The van der Waals surface area contributed by atoms with Crippen LogP contribution in [0.3, 0.4) is 0 Å². The number of nitrogens with one attached hydrogen (secondary N) is 3. The van der Waals surface area contributed by atoms with Crippen LogP contribution in [-0.2, 0) is 14.4 Å². The van der Waals surface area contributed by atoms with Crippen LogP contribution in [0.1, 0.15) is 54.7 Å². The Morgan fingerprint density at radius 1 is 0.732 bits per heavy atom. The van der Waals surface area contributed by atoms with Crippen molar-refractivity contribution in [2.24, 2.45) is 15.3 Å². The molecule has 214 valence electrons. The molecule has 3 aliphatic heterocycles. The van der Waals surface area contributed by atoms with Gasteiger partial charge in [-0.05, 0) is 35.7 Å². The highest BCUT2D eigenvalue weighted by Gasteiger charge is 2.17. The van der Waals surface area contributed by atoms with Crippen molar-refractivity contribution in [1.82, 2.24) is 16.3 Å². The van der Waals surface area contributed by atoms with Crippen molar-refractivity contribution in [1.29, 1.82) is 0 Å². The summed E-state index contributed by atoms with van der Waals surface area (Å²) in [5.41, 5.74) is 10.9. The summed E-state index contributed by atoms with van der Waals surface area (Å²) in [5, 5.41) is 13.9. The number of hydrogen-bond acceptors (Lipinski definition) is 10. The molecule has 0 saturated carbocycles. The van der Waals surface area contributed by atoms with Crippen molar-refractivity contribution in [2.45, 2.75) is 38.5 Å². The number of furan rings is 1. The molecule has 3 N–H and O–H groups in total. The van der Waals surface area contributed by atoms with E-state index in [0.717, 1.165) is 45.5 Å². The zero-order chi connectivity index (χ0) is 29.0. The van der Waals surface area contributed by atoms with E-state index in [9.17, 15) is 14.4 Å². The second-order valence-corrected chi connectivity index (χ2v) is 9.75. The number of thiophene rings is 1. The second-order valence-electron chi connectivity index (χ2n) is 8.80. The lowest BCUT2D eigenvalue weighted by Gasteiger charge is -2.15. The van der Waals surface area contributed by atoms with Crippen molar-refractivity contribution in [3.05, 3.63) is 70.3 Å². The SMILES string of the molecule is COc1ccc(C2=NNC(=O)CC2)c(OC)c1.O=C1CCC(c2ccco2)=NN1.O=C1CCC(c2cccs2)=NN1. The van der Waals surface area contributed by atoms with Crippen molar-refractivity contribution < 1.29 is 28.3 Å². The number of benzene rings is 1. The number of ether oxygens (including phenoxy) is 2. The third-order valence-electron chi connectivity index (χ3n) is 6.04. The first-order valence-corrected chi connectivity index (χ1v) is 13.7. The molecule has 0 aliphatic carbocycles. The Bertz CT molecular complexity index is 1380. The number of hydrogen-bond donors (Lipinski definition) is 3. The predicted molar refractivity (Wildman–Crippen MR) is 154 cm³/mol. The Morgan fingerprint density at radius 2 is 1.37 bits per heavy atom. The van der Waals surface area contributed by atoms with Crippen LogP contribution in [0, 0.1) is 0 Å². The molecule has 0 radical (unpaired) electrons. The molecule has 0 spiro atoms. The van der Waals surface area contributed by atoms with E-state index >= 15 is 0 Å². The van der Waals surface area contributed by atoms with E-state index in [-0.39, 0.29) is 17.7 Å². The number of carbonyl (C=O) groups is 3. The van der Waals surface area contributed by atoms with E-state index in [4.69, 9.17) is 13.9 Å². The van der Waals surface area contributed by atoms with E-state index in [0.29, 0.717) is 37.9 Å². The van der Waals surface area contributed by atoms with Gasteiger partial charge in [-0.15, -0.1) is 11.3 Å². The van der Waals surface area contributed by atoms with Crippen LogP contribution in [0.25, 0.3) is 0 Å². The van der Waals surface area contributed by atoms with Crippen LogP contribution in [0.15, 0.2) is 73.8 Å². The van der Waals surface area contributed by atoms with Gasteiger partial charge in [0.05, 0.1) is 36.8 Å². The van der Waals surface area contributed by atoms with Gasteiger partial charge < -0.3 is 13.9 Å². The Balaban J connectivity index is 0.000000145. The lowest BCUT2D eigenvalue weighted by atomic mass is 10.0. The summed E-state index contributed by atoms with van der Waals surface area (Å²) in [7, 11) is 3.20. The molecular formula is C28H30N6O6S. The zero-order valence-electron chi connectivity index (χ0n) is 22.6. The summed E-state index contributed by atoms with van der Waals surface area (Å²) < 4.78 is 15.5. The van der Waals surface area contributed by atoms with Crippen LogP contribution in [0.4, 0.5) is 0 Å². The molecule has 0 saturated heterocycles. The average Bonchev–Trinajstić information content (AvgIpc) is 3.75. The van der Waals surface area contributed by atoms with Crippen LogP contribution >= 0.6 is 11.3 Å². The maximum absolute atomic E-state index is 11.0. The Kier molecular flexibility index (Phi) is 10.4. The number of carbonyl (C=O) groups excluding carboxylic acids is 3. The lowest BCUT2D eigenvalue weighted by molar-refractivity contribution is -0.122. The normalized spacial score (nSPS) is 16.1. The van der Waals surface area contributed by atoms with Gasteiger partial charge in [0.15, 0.2) is 0 Å². The molecule has 0 atom stereocenters. The molecule has 1 aromatic carbocycles. The second kappa shape index (κ2) is 14.6. The zero-order valence-corrected chi connectivity index (χ0v) is 23.5. The van der Waals surface area contributed by atoms with Gasteiger partial charge in [0.2, 0.25) is 17.7 Å². The highest BCUT2D eigenvalue weighted by molar-refractivity contribution is 7.12. The van der Waals surface area contributed by atoms with Gasteiger partial charge in [-0.1, -0.05) is 6.07 Å². The molecule has 3 aromatic rings. The molecule has 0 fully saturated rings. The summed E-state index contributed by atoms with van der Waals surface area (Å²) in [4.78, 5) is 33.7. The molecule has 2 aromatic heterocycles. The van der Waals surface area contributed by atoms with Gasteiger partial charge in [0.25, 0.3) is 0 Å². The van der Waals surface area contributed by atoms with Crippen LogP contribution in [0.2, 0.25) is 0 Å². The molecule has 41 heavy (non-hydrogen) atoms. The van der Waals surface area contributed by atoms with E-state index in [1.165, 1.54) is 0 Å². The van der Waals surface area contributed by atoms with E-state index in [1.807, 2.05) is 35.7 Å². The number of methoxy groups -OCH3 is 2. The number of nitrogens with zero attached hydrogens (tertiary/aromatic N) is 3. The Labute approximate surface area is 240 Å². The number of hydrazone groups is 3. The van der Waals surface area contributed by atoms with E-state index in [2.05, 4.69) is 31.6 Å². The quantitative estimate of drug-likeness (QED) is 0.420. The summed E-state index contributed by atoms with van der Waals surface area (Å²) >= 11 is 1.65. The summed E-state index contributed by atoms with van der Waals surface area (Å²) in [6.07, 6.45) is 5.11. The van der Waals surface area contributed by atoms with E-state index < -0.39 is 0 Å². The summed E-state index contributed by atoms with van der Waals surface area (Å²) in [5.74, 6) is 2.07. The largest absolute Gasteiger partial charge is 0.497 e. The molecular weight excluding hydrogens is 548 g/mol. The fourth-order valence-corrected chi connectivity index (χ4v) is 4.64. The fraction of sp³-hybridized carbons (Fsp3) is 0.286. The molecule has 6 rings (SSSR count). The highest BCUT2D eigenvalue weighted by Crippen LogP contribution is 2.27. The van der Waals surface area contributed by atoms with Gasteiger partial charge >= 0.3 is 0 Å². The maximum atomic E-state index is 11.0. The third kappa shape index (κ3) is 8.35. The maximum Gasteiger partial charge on any atom is 0.240 e. The predicted octanol–water partition coefficient (Wildman–Crippen LogP) is 3.57. The number of rotatable bonds is 5. The van der Waals surface area contributed by atoms with Crippen LogP contribution in [0.5, 0.6) is 11.5 Å². The van der Waals surface area contributed by atoms with Crippen molar-refractivity contribution in [3.63, 3.8) is 0 Å². The van der Waals surface area contributed by atoms with Gasteiger partial charge in [-0.25, -0.2) is 16.3 Å². The first kappa shape index (κ1) is 29.2. The lowest BCUT2D eigenvalue weighted by Crippen LogP contribution is -2.26. The van der Waals surface area contributed by atoms with Gasteiger partial charge in [0.1, 0.15) is 23.0 Å². The molecule has 3 amide bonds. The van der Waals surface area contributed by atoms with Crippen molar-refractivity contribution in [2.75, 3.05) is 14.2 Å². The summed E-state index contributed by atoms with van der Waals surface area (Å²) in [6.45, 7) is 0. The standard InChI is InChI=1S/C12H14N2O3.C8H8N2O2.C8H8N2OS/c1-16-8-3-4-9(11(7-8)17-2)10-5-6-12(15)14-13-10;2*11-8-4-3-6(9-10-8)7-2-1-5-12-7/h3-4,7H,5-6H2,1-2H3,(H,14,15);2*1-2,5H,3-4H2,(H,10,11). The van der Waals surface area contributed by atoms with Gasteiger partial charge in [-0.2, -0.15) is 15.3 Å². The molecule has 0 bridgehead atoms. The molecule has 5 heterocycles. The van der Waals surface area contributed by atoms with Crippen LogP contribution < -0.4 is 25.8 Å².